The van der Waals surface area contributed by atoms with Crippen molar-refractivity contribution in [1.82, 2.24) is 4.57 Å². The zero-order valence-electron chi connectivity index (χ0n) is 15.5. The molecule has 0 fully saturated rings. The van der Waals surface area contributed by atoms with E-state index in [4.69, 9.17) is 16.3 Å². The Morgan fingerprint density at radius 3 is 2.46 bits per heavy atom. The summed E-state index contributed by atoms with van der Waals surface area (Å²) >= 11 is 5.93. The number of aromatic nitrogens is 2. The Hall–Kier alpha value is -2.41. The van der Waals surface area contributed by atoms with E-state index in [1.54, 1.807) is 6.07 Å². The summed E-state index contributed by atoms with van der Waals surface area (Å²) in [4.78, 5) is 10.6. The van der Waals surface area contributed by atoms with E-state index >= 15 is 0 Å². The molecule has 13 heteroatoms. The van der Waals surface area contributed by atoms with Gasteiger partial charge in [-0.25, -0.2) is 17.6 Å². The van der Waals surface area contributed by atoms with Gasteiger partial charge < -0.3 is 14.6 Å². The molecule has 28 heavy (non-hydrogen) atoms. The van der Waals surface area contributed by atoms with Crippen LogP contribution >= 0.6 is 11.6 Å². The lowest BCUT2D eigenvalue weighted by atomic mass is 10.2. The largest absolute Gasteiger partial charge is 0.726 e. The Morgan fingerprint density at radius 2 is 2.00 bits per heavy atom. The standard InChI is InChI=1S/C14H18ClN4O3.CH4O4S/c1-17-6-7-18(10-17)5-3-4-16-12-9-14(22-2)11(15)8-13(12)19(20)21;1-5-6(2,3)4/h6-10,16H,3-5H2,1-2H3;1H3,(H,2,3,4)/q+1;/p-1. The van der Waals surface area contributed by atoms with Crippen molar-refractivity contribution in [1.29, 1.82) is 0 Å². The molecule has 0 amide bonds. The highest BCUT2D eigenvalue weighted by molar-refractivity contribution is 7.80. The van der Waals surface area contributed by atoms with Gasteiger partial charge in [0.15, 0.2) is 0 Å². The van der Waals surface area contributed by atoms with Gasteiger partial charge in [-0.15, -0.1) is 0 Å². The molecule has 2 rings (SSSR count). The third-order valence-electron chi connectivity index (χ3n) is 3.40. The monoisotopic (exact) mass is 436 g/mol. The number of nitro groups is 1. The van der Waals surface area contributed by atoms with Gasteiger partial charge in [-0.3, -0.25) is 14.3 Å². The number of rotatable bonds is 8. The number of ether oxygens (including phenoxy) is 1. The van der Waals surface area contributed by atoms with E-state index in [-0.39, 0.29) is 10.7 Å². The molecule has 0 bridgehead atoms. The van der Waals surface area contributed by atoms with Crippen LogP contribution in [0.15, 0.2) is 30.9 Å². The molecule has 11 nitrogen and oxygen atoms in total. The lowest BCUT2D eigenvalue weighted by Gasteiger charge is -2.09. The molecule has 1 aromatic heterocycles. The normalized spacial score (nSPS) is 10.8. The molecule has 1 aromatic carbocycles. The van der Waals surface area contributed by atoms with Crippen LogP contribution in [-0.4, -0.2) is 43.2 Å². The summed E-state index contributed by atoms with van der Waals surface area (Å²) in [5.74, 6) is 0.409. The van der Waals surface area contributed by atoms with Crippen LogP contribution in [0.3, 0.4) is 0 Å². The van der Waals surface area contributed by atoms with E-state index in [1.165, 1.54) is 13.2 Å². The van der Waals surface area contributed by atoms with Gasteiger partial charge in [-0.05, 0) is 0 Å². The molecule has 0 aliphatic rings. The first kappa shape index (κ1) is 23.6. The van der Waals surface area contributed by atoms with Crippen molar-refractivity contribution in [3.05, 3.63) is 46.0 Å². The first-order valence-electron chi connectivity index (χ1n) is 7.85. The molecule has 1 N–H and O–H groups in total. The minimum absolute atomic E-state index is 0.0573. The number of nitrogens with zero attached hydrogens (tertiary/aromatic N) is 3. The van der Waals surface area contributed by atoms with Gasteiger partial charge in [0.25, 0.3) is 5.69 Å². The number of anilines is 1. The van der Waals surface area contributed by atoms with E-state index in [9.17, 15) is 23.1 Å². The van der Waals surface area contributed by atoms with Gasteiger partial charge >= 0.3 is 0 Å². The van der Waals surface area contributed by atoms with Crippen molar-refractivity contribution < 1.29 is 31.4 Å². The Balaban J connectivity index is 0.000000568. The fourth-order valence-electron chi connectivity index (χ4n) is 2.11. The fraction of sp³-hybridized carbons (Fsp3) is 0.400. The number of imidazole rings is 1. The zero-order valence-corrected chi connectivity index (χ0v) is 17.1. The summed E-state index contributed by atoms with van der Waals surface area (Å²) in [6, 6.07) is 2.85. The second-order valence-electron chi connectivity index (χ2n) is 5.43. The van der Waals surface area contributed by atoms with Crippen LogP contribution in [0.25, 0.3) is 0 Å². The number of hydrogen-bond acceptors (Lipinski definition) is 8. The fourth-order valence-corrected chi connectivity index (χ4v) is 2.35. The van der Waals surface area contributed by atoms with Crippen molar-refractivity contribution >= 4 is 33.4 Å². The number of methoxy groups -OCH3 is 1. The zero-order chi connectivity index (χ0) is 21.3. The van der Waals surface area contributed by atoms with E-state index < -0.39 is 15.3 Å². The summed E-state index contributed by atoms with van der Waals surface area (Å²) in [5, 5.41) is 14.4. The van der Waals surface area contributed by atoms with Crippen LogP contribution in [0.5, 0.6) is 5.75 Å². The topological polar surface area (TPSA) is 140 Å². The highest BCUT2D eigenvalue weighted by Gasteiger charge is 2.17. The van der Waals surface area contributed by atoms with Gasteiger partial charge in [0.1, 0.15) is 23.8 Å². The second kappa shape index (κ2) is 10.8. The van der Waals surface area contributed by atoms with Crippen LogP contribution in [0, 0.1) is 10.1 Å². The van der Waals surface area contributed by atoms with Gasteiger partial charge in [-0.1, -0.05) is 11.6 Å². The summed E-state index contributed by atoms with van der Waals surface area (Å²) in [7, 11) is -0.173. The minimum Gasteiger partial charge on any atom is -0.726 e. The van der Waals surface area contributed by atoms with Gasteiger partial charge in [0, 0.05) is 25.1 Å². The van der Waals surface area contributed by atoms with E-state index in [0.29, 0.717) is 18.0 Å². The summed E-state index contributed by atoms with van der Waals surface area (Å²) in [6.45, 7) is 1.43. The highest BCUT2D eigenvalue weighted by Crippen LogP contribution is 2.35. The number of nitro benzene ring substituents is 1. The van der Waals surface area contributed by atoms with Crippen LogP contribution in [0.4, 0.5) is 11.4 Å². The second-order valence-corrected chi connectivity index (χ2v) is 6.99. The van der Waals surface area contributed by atoms with Crippen LogP contribution < -0.4 is 14.6 Å². The molecule has 2 aromatic rings. The molecule has 156 valence electrons. The molecule has 0 atom stereocenters. The number of benzene rings is 1. The van der Waals surface area contributed by atoms with E-state index in [0.717, 1.165) is 20.1 Å². The first-order valence-corrected chi connectivity index (χ1v) is 9.56. The molecule has 0 aliphatic heterocycles. The lowest BCUT2D eigenvalue weighted by Crippen LogP contribution is -2.23. The summed E-state index contributed by atoms with van der Waals surface area (Å²) < 4.78 is 40.1. The quantitative estimate of drug-likeness (QED) is 0.164. The Kier molecular flexibility index (Phi) is 9.12. The minimum atomic E-state index is -4.41. The smallest absolute Gasteiger partial charge is 0.294 e. The average molecular weight is 437 g/mol. The number of halogens is 1. The third kappa shape index (κ3) is 8.08. The van der Waals surface area contributed by atoms with Gasteiger partial charge in [-0.2, -0.15) is 0 Å². The summed E-state index contributed by atoms with van der Waals surface area (Å²) in [5.41, 5.74) is 0.350. The third-order valence-corrected chi connectivity index (χ3v) is 4.11. The molecule has 0 saturated heterocycles. The number of nitrogens with one attached hydrogen (secondary N) is 1. The van der Waals surface area contributed by atoms with Crippen molar-refractivity contribution in [2.75, 3.05) is 26.1 Å². The van der Waals surface area contributed by atoms with Gasteiger partial charge in [0.2, 0.25) is 16.7 Å². The molecule has 0 aliphatic carbocycles. The Bertz CT molecular complexity index is 902. The van der Waals surface area contributed by atoms with E-state index in [2.05, 4.69) is 14.1 Å². The van der Waals surface area contributed by atoms with Crippen molar-refractivity contribution in [2.24, 2.45) is 7.05 Å². The predicted octanol–water partition coefficient (Wildman–Crippen LogP) is 1.48. The Labute approximate surface area is 167 Å². The SMILES string of the molecule is COS(=O)(=O)[O-].COc1cc(NCCCn2cc[n+](C)c2)c([N+](=O)[O-])cc1Cl. The van der Waals surface area contributed by atoms with Gasteiger partial charge in [0.05, 0.1) is 37.8 Å². The maximum absolute atomic E-state index is 11.1. The first-order chi connectivity index (χ1) is 13.1. The molecule has 0 spiro atoms. The van der Waals surface area contributed by atoms with Crippen LogP contribution in [-0.2, 0) is 28.2 Å². The maximum atomic E-state index is 11.1. The van der Waals surface area contributed by atoms with Crippen molar-refractivity contribution in [2.45, 2.75) is 13.0 Å². The predicted molar refractivity (Wildman–Crippen MR) is 100 cm³/mol. The van der Waals surface area contributed by atoms with Crippen LogP contribution in [0.1, 0.15) is 6.42 Å². The average Bonchev–Trinajstić information content (AvgIpc) is 3.04. The molecule has 0 unspecified atom stereocenters. The number of hydrogen-bond donors (Lipinski definition) is 1. The number of aryl methyl sites for hydroxylation is 2. The van der Waals surface area contributed by atoms with E-state index in [1.807, 2.05) is 30.3 Å². The van der Waals surface area contributed by atoms with Crippen molar-refractivity contribution in [3.63, 3.8) is 0 Å². The molecule has 0 radical (unpaired) electrons. The highest BCUT2D eigenvalue weighted by atomic mass is 35.5. The molecular formula is C15H21ClN4O7S. The summed E-state index contributed by atoms with van der Waals surface area (Å²) in [6.07, 6.45) is 6.75. The maximum Gasteiger partial charge on any atom is 0.294 e. The molecule has 1 heterocycles. The molecule has 0 saturated carbocycles. The molecular weight excluding hydrogens is 416 g/mol. The van der Waals surface area contributed by atoms with Crippen molar-refractivity contribution in [3.8, 4) is 5.75 Å². The lowest BCUT2D eigenvalue weighted by molar-refractivity contribution is -0.671. The Morgan fingerprint density at radius 1 is 1.36 bits per heavy atom. The van der Waals surface area contributed by atoms with Crippen LogP contribution in [0.2, 0.25) is 5.02 Å².